The van der Waals surface area contributed by atoms with E-state index >= 15 is 0 Å². The van der Waals surface area contributed by atoms with Gasteiger partial charge in [0.05, 0.1) is 78.3 Å². The van der Waals surface area contributed by atoms with E-state index < -0.39 is 0 Å². The maximum atomic E-state index is 6.28. The van der Waals surface area contributed by atoms with Gasteiger partial charge in [0, 0.05) is 146 Å². The minimum absolute atomic E-state index is 0.210. The lowest BCUT2D eigenvalue weighted by atomic mass is 9.81. The first-order valence-electron chi connectivity index (χ1n) is 44.3. The highest BCUT2D eigenvalue weighted by atomic mass is 32.1. The minimum atomic E-state index is -0.234. The van der Waals surface area contributed by atoms with Crippen molar-refractivity contribution < 1.29 is 4.42 Å². The SMILES string of the molecule is CC1(C)c2ccccc2-c2nc(-n3c4ccccc4c4c5c(ccc43)oc3ccccc35)nc(-c3ccccc3)c21.CC1(C)c2ccccc2-c2nc(-n3c4ccccc4c4c5c(ccc43)sc3ccccc35)nc(-c3ccccc3)c21.CC1(C)c2ccccc2-c2nc(-n3c4ccccc4c4c5c6ccccc6n(-c6ccccc6)c5ccc43)nc(-c3ccccc3)c21. The molecule has 0 N–H and O–H groups in total. The van der Waals surface area contributed by atoms with E-state index in [9.17, 15) is 0 Å². The van der Waals surface area contributed by atoms with Gasteiger partial charge in [-0.25, -0.2) is 29.9 Å². The number of hydrogen-bond acceptors (Lipinski definition) is 8. The van der Waals surface area contributed by atoms with Gasteiger partial charge in [-0.1, -0.05) is 333 Å². The second kappa shape index (κ2) is 28.0. The number of para-hydroxylation sites is 6. The van der Waals surface area contributed by atoms with Crippen molar-refractivity contribution in [2.45, 2.75) is 57.8 Å². The van der Waals surface area contributed by atoms with E-state index in [1.807, 2.05) is 23.5 Å². The maximum absolute atomic E-state index is 6.28. The van der Waals surface area contributed by atoms with E-state index in [1.54, 1.807) is 0 Å². The van der Waals surface area contributed by atoms with Crippen LogP contribution >= 0.6 is 11.3 Å². The van der Waals surface area contributed by atoms with Crippen LogP contribution in [-0.4, -0.2) is 48.2 Å². The van der Waals surface area contributed by atoms with E-state index in [-0.39, 0.29) is 16.2 Å². The van der Waals surface area contributed by atoms with Crippen LogP contribution in [0.1, 0.15) is 74.9 Å². The average molecular weight is 1670 g/mol. The Balaban J connectivity index is 0.000000102. The lowest BCUT2D eigenvalue weighted by Gasteiger charge is -2.24. The summed E-state index contributed by atoms with van der Waals surface area (Å²) < 4.78 is 18.1. The van der Waals surface area contributed by atoms with Gasteiger partial charge in [-0.3, -0.25) is 13.7 Å². The van der Waals surface area contributed by atoms with Crippen LogP contribution in [0.3, 0.4) is 0 Å². The summed E-state index contributed by atoms with van der Waals surface area (Å²) in [4.78, 5) is 32.5. The lowest BCUT2D eigenvalue weighted by molar-refractivity contribution is 0.656. The Morgan fingerprint density at radius 2 is 0.519 bits per heavy atom. The number of hydrogen-bond donors (Lipinski definition) is 0. The van der Waals surface area contributed by atoms with Crippen molar-refractivity contribution in [3.8, 4) is 91.1 Å². The fourth-order valence-corrected chi connectivity index (χ4v) is 23.2. The largest absolute Gasteiger partial charge is 0.456 e. The fraction of sp³-hybridized carbons (Fsp3) is 0.0769. The van der Waals surface area contributed by atoms with Crippen LogP contribution in [0, 0.1) is 0 Å². The predicted molar refractivity (Wildman–Crippen MR) is 533 cm³/mol. The first-order chi connectivity index (χ1) is 63.3. The molecular formula is C117H80N10OS. The third-order valence-electron chi connectivity index (χ3n) is 27.7. The minimum Gasteiger partial charge on any atom is -0.456 e. The standard InChI is InChI=1S/C43H30N4.C37H25N3O.C37H25N3S/c1-43(2)32-22-12-9-19-29(32)41-39(43)40(27-15-5-3-6-16-27)44-42(45-41)47-34-24-14-11-21-31(34)38-36(47)26-25-35-37(38)30-20-10-13-23-33(30)46(35)28-17-7-4-8-18-28;2*1-37(2)26-17-9-6-14-23(26)35-33(37)34(22-12-4-3-5-13-22)38-36(39-35)40-27-18-10-7-15-24(27)31-28(40)20-21-30-32(31)25-16-8-11-19-29(25)41-30/h3-26H,1-2H3;2*3-21H,1-2H3. The van der Waals surface area contributed by atoms with E-state index in [1.165, 1.54) is 114 Å². The molecule has 0 aliphatic heterocycles. The zero-order valence-electron chi connectivity index (χ0n) is 71.6. The molecule has 0 amide bonds. The Hall–Kier alpha value is -16.0. The van der Waals surface area contributed by atoms with Crippen LogP contribution in [0.5, 0.6) is 0 Å². The van der Waals surface area contributed by atoms with Crippen molar-refractivity contribution >= 4 is 141 Å². The summed E-state index contributed by atoms with van der Waals surface area (Å²) in [6.45, 7) is 13.8. The van der Waals surface area contributed by atoms with Gasteiger partial charge in [0.25, 0.3) is 0 Å². The number of nitrogens with zero attached hydrogens (tertiary/aromatic N) is 10. The van der Waals surface area contributed by atoms with Crippen molar-refractivity contribution in [2.75, 3.05) is 0 Å². The predicted octanol–water partition coefficient (Wildman–Crippen LogP) is 30.0. The molecule has 25 aromatic rings. The van der Waals surface area contributed by atoms with Gasteiger partial charge in [0.1, 0.15) is 11.2 Å². The molecular weight excluding hydrogens is 1590 g/mol. The molecule has 0 unspecified atom stereocenters. The Bertz CT molecular complexity index is 8700. The molecule has 11 nitrogen and oxygen atoms in total. The van der Waals surface area contributed by atoms with Crippen LogP contribution in [0.2, 0.25) is 0 Å². The summed E-state index contributed by atoms with van der Waals surface area (Å²) in [6, 6.07) is 133. The fourth-order valence-electron chi connectivity index (χ4n) is 22.1. The molecule has 0 atom stereocenters. The third kappa shape index (κ3) is 10.8. The molecule has 129 heavy (non-hydrogen) atoms. The van der Waals surface area contributed by atoms with Gasteiger partial charge < -0.3 is 8.98 Å². The second-order valence-electron chi connectivity index (χ2n) is 35.9. The highest BCUT2D eigenvalue weighted by Crippen LogP contribution is 2.57. The highest BCUT2D eigenvalue weighted by molar-refractivity contribution is 7.26. The Morgan fingerprint density at radius 3 is 0.946 bits per heavy atom. The molecule has 0 spiro atoms. The molecule has 0 saturated heterocycles. The van der Waals surface area contributed by atoms with E-state index in [0.29, 0.717) is 17.8 Å². The number of thiophene rings is 1. The van der Waals surface area contributed by atoms with Gasteiger partial charge in [0.15, 0.2) is 0 Å². The van der Waals surface area contributed by atoms with Crippen LogP contribution in [0.15, 0.2) is 381 Å². The molecule has 610 valence electrons. The van der Waals surface area contributed by atoms with Gasteiger partial charge in [-0.2, -0.15) is 0 Å². The average Bonchev–Trinajstić information content (AvgIpc) is 1.54. The lowest BCUT2D eigenvalue weighted by Crippen LogP contribution is -2.18. The van der Waals surface area contributed by atoms with Crippen LogP contribution < -0.4 is 0 Å². The van der Waals surface area contributed by atoms with Crippen molar-refractivity contribution in [2.24, 2.45) is 0 Å². The zero-order chi connectivity index (χ0) is 85.9. The number of benzene rings is 16. The van der Waals surface area contributed by atoms with E-state index in [0.717, 1.165) is 122 Å². The summed E-state index contributed by atoms with van der Waals surface area (Å²) >= 11 is 1.86. The number of rotatable bonds is 7. The van der Waals surface area contributed by atoms with Crippen molar-refractivity contribution in [1.29, 1.82) is 0 Å². The maximum Gasteiger partial charge on any atom is 0.235 e. The summed E-state index contributed by atoms with van der Waals surface area (Å²) in [7, 11) is 0. The molecule has 0 radical (unpaired) electrons. The second-order valence-corrected chi connectivity index (χ2v) is 36.9. The molecule has 0 fully saturated rings. The smallest absolute Gasteiger partial charge is 0.235 e. The van der Waals surface area contributed by atoms with Crippen molar-refractivity contribution in [3.05, 3.63) is 409 Å². The van der Waals surface area contributed by atoms with Crippen LogP contribution in [0.4, 0.5) is 0 Å². The van der Waals surface area contributed by atoms with Gasteiger partial charge >= 0.3 is 0 Å². The Kier molecular flexibility index (Phi) is 16.1. The molecule has 3 aliphatic rings. The summed E-state index contributed by atoms with van der Waals surface area (Å²) in [5.74, 6) is 2.07. The number of furan rings is 1. The monoisotopic (exact) mass is 1670 g/mol. The molecule has 28 rings (SSSR count). The van der Waals surface area contributed by atoms with E-state index in [2.05, 4.69) is 424 Å². The zero-order valence-corrected chi connectivity index (χ0v) is 72.4. The molecule has 0 saturated carbocycles. The van der Waals surface area contributed by atoms with Crippen molar-refractivity contribution in [1.82, 2.24) is 48.2 Å². The molecule has 16 aromatic carbocycles. The summed E-state index contributed by atoms with van der Waals surface area (Å²) in [6.07, 6.45) is 0. The summed E-state index contributed by atoms with van der Waals surface area (Å²) in [5.41, 5.74) is 31.5. The first kappa shape index (κ1) is 74.4. The summed E-state index contributed by atoms with van der Waals surface area (Å²) in [5, 5.41) is 14.6. The number of aromatic nitrogens is 10. The van der Waals surface area contributed by atoms with Crippen molar-refractivity contribution in [3.63, 3.8) is 0 Å². The molecule has 9 heterocycles. The molecule has 9 aromatic heterocycles. The third-order valence-corrected chi connectivity index (χ3v) is 28.9. The Labute approximate surface area is 746 Å². The molecule has 12 heteroatoms. The highest BCUT2D eigenvalue weighted by Gasteiger charge is 2.44. The molecule has 3 aliphatic carbocycles. The first-order valence-corrected chi connectivity index (χ1v) is 45.1. The van der Waals surface area contributed by atoms with E-state index in [4.69, 9.17) is 34.3 Å². The topological polar surface area (TPSA) is 110 Å². The van der Waals surface area contributed by atoms with Gasteiger partial charge in [0.2, 0.25) is 17.8 Å². The normalized spacial score (nSPS) is 13.7. The quantitative estimate of drug-likeness (QED) is 0.156. The van der Waals surface area contributed by atoms with Crippen LogP contribution in [-0.2, 0) is 16.2 Å². The molecule has 0 bridgehead atoms. The Morgan fingerprint density at radius 1 is 0.217 bits per heavy atom. The van der Waals surface area contributed by atoms with Crippen LogP contribution in [0.25, 0.3) is 220 Å². The number of fused-ring (bicyclic) bond motifs is 30. The van der Waals surface area contributed by atoms with Gasteiger partial charge in [-0.15, -0.1) is 11.3 Å². The van der Waals surface area contributed by atoms with Gasteiger partial charge in [-0.05, 0) is 102 Å².